The fraction of sp³-hybridized carbons (Fsp3) is 0.500. The third-order valence-electron chi connectivity index (χ3n) is 3.34. The molecule has 0 aliphatic heterocycles. The summed E-state index contributed by atoms with van der Waals surface area (Å²) in [6.45, 7) is 0.225. The maximum absolute atomic E-state index is 12.6. The van der Waals surface area contributed by atoms with Crippen LogP contribution in [0.25, 0.3) is 0 Å². The van der Waals surface area contributed by atoms with Gasteiger partial charge in [0.05, 0.1) is 10.9 Å². The predicted octanol–water partition coefficient (Wildman–Crippen LogP) is 2.93. The third kappa shape index (κ3) is 3.65. The normalized spacial score (nSPS) is 16.0. The number of rotatable bonds is 5. The lowest BCUT2D eigenvalue weighted by atomic mass is 10.0. The first-order valence-corrected chi connectivity index (χ1v) is 7.47. The number of alkyl halides is 3. The highest BCUT2D eigenvalue weighted by Crippen LogP contribution is 2.32. The minimum atomic E-state index is -4.56. The first kappa shape index (κ1) is 16.5. The zero-order valence-electron chi connectivity index (χ0n) is 11.7. The largest absolute Gasteiger partial charge is 0.406 e. The first-order valence-electron chi connectivity index (χ1n) is 6.59. The fourth-order valence-electron chi connectivity index (χ4n) is 2.11. The minimum Gasteiger partial charge on any atom is -0.329 e. The standard InChI is InChI=1S/C14H13F3N2O2S/c1-8-4-5-22-12(8)11(20)10(6-18)13(21)19(9-2-3-9)7-14(15,16)17/h4-5,9-10H,2-3,7H2,1H3/t10-/m1/s1. The van der Waals surface area contributed by atoms with Crippen molar-refractivity contribution in [3.63, 3.8) is 0 Å². The SMILES string of the molecule is Cc1ccsc1C(=O)[C@@H](C#N)C(=O)N(CC(F)(F)F)C1CC1. The Morgan fingerprint density at radius 3 is 2.55 bits per heavy atom. The average Bonchev–Trinajstić information content (AvgIpc) is 3.17. The predicted molar refractivity (Wildman–Crippen MR) is 73.3 cm³/mol. The van der Waals surface area contributed by atoms with Crippen molar-refractivity contribution in [3.8, 4) is 6.07 Å². The van der Waals surface area contributed by atoms with E-state index < -0.39 is 36.4 Å². The Kier molecular flexibility index (Phi) is 4.56. The molecule has 1 heterocycles. The minimum absolute atomic E-state index is 0.239. The van der Waals surface area contributed by atoms with Crippen LogP contribution in [0, 0.1) is 24.2 Å². The molecule has 0 spiro atoms. The van der Waals surface area contributed by atoms with Crippen molar-refractivity contribution in [2.45, 2.75) is 32.0 Å². The molecule has 1 fully saturated rings. The monoisotopic (exact) mass is 330 g/mol. The van der Waals surface area contributed by atoms with E-state index in [1.165, 1.54) is 0 Å². The lowest BCUT2D eigenvalue weighted by molar-refractivity contribution is -0.163. The number of thiophene rings is 1. The number of nitrogens with zero attached hydrogens (tertiary/aromatic N) is 2. The third-order valence-corrected chi connectivity index (χ3v) is 4.38. The van der Waals surface area contributed by atoms with E-state index in [4.69, 9.17) is 5.26 Å². The Labute approximate surface area is 129 Å². The molecule has 0 bridgehead atoms. The molecule has 0 unspecified atom stereocenters. The summed E-state index contributed by atoms with van der Waals surface area (Å²) < 4.78 is 37.8. The number of carbonyl (C=O) groups excluding carboxylic acids is 2. The van der Waals surface area contributed by atoms with Gasteiger partial charge in [-0.2, -0.15) is 18.4 Å². The van der Waals surface area contributed by atoms with Gasteiger partial charge in [-0.05, 0) is 36.8 Å². The summed E-state index contributed by atoms with van der Waals surface area (Å²) in [7, 11) is 0. The maximum Gasteiger partial charge on any atom is 0.406 e. The smallest absolute Gasteiger partial charge is 0.329 e. The van der Waals surface area contributed by atoms with Crippen LogP contribution in [0.3, 0.4) is 0 Å². The highest BCUT2D eigenvalue weighted by atomic mass is 32.1. The Bertz CT molecular complexity index is 629. The quantitative estimate of drug-likeness (QED) is 0.616. The molecule has 118 valence electrons. The molecule has 1 aromatic rings. The molecule has 1 aliphatic rings. The molecule has 4 nitrogen and oxygen atoms in total. The van der Waals surface area contributed by atoms with Gasteiger partial charge in [-0.1, -0.05) is 0 Å². The molecule has 0 saturated heterocycles. The molecule has 2 rings (SSSR count). The molecule has 0 aromatic carbocycles. The van der Waals surface area contributed by atoms with E-state index in [9.17, 15) is 22.8 Å². The average molecular weight is 330 g/mol. The summed E-state index contributed by atoms with van der Waals surface area (Å²) in [6, 6.07) is 2.70. The second kappa shape index (κ2) is 6.08. The summed E-state index contributed by atoms with van der Waals surface area (Å²) in [5, 5.41) is 10.7. The Morgan fingerprint density at radius 2 is 2.14 bits per heavy atom. The number of amides is 1. The van der Waals surface area contributed by atoms with Crippen molar-refractivity contribution in [2.24, 2.45) is 5.92 Å². The number of nitriles is 1. The second-order valence-electron chi connectivity index (χ2n) is 5.17. The lowest BCUT2D eigenvalue weighted by Crippen LogP contribution is -2.45. The van der Waals surface area contributed by atoms with Crippen molar-refractivity contribution in [2.75, 3.05) is 6.54 Å². The highest BCUT2D eigenvalue weighted by molar-refractivity contribution is 7.12. The van der Waals surface area contributed by atoms with E-state index in [1.807, 2.05) is 0 Å². The van der Waals surface area contributed by atoms with Crippen LogP contribution in [-0.2, 0) is 4.79 Å². The van der Waals surface area contributed by atoms with Crippen molar-refractivity contribution < 1.29 is 22.8 Å². The van der Waals surface area contributed by atoms with Crippen molar-refractivity contribution >= 4 is 23.0 Å². The van der Waals surface area contributed by atoms with Gasteiger partial charge in [-0.25, -0.2) is 0 Å². The van der Waals surface area contributed by atoms with Crippen molar-refractivity contribution in [3.05, 3.63) is 21.9 Å². The molecular formula is C14H13F3N2O2S. The van der Waals surface area contributed by atoms with Crippen LogP contribution in [-0.4, -0.2) is 35.4 Å². The Hall–Kier alpha value is -1.88. The molecule has 1 aromatic heterocycles. The van der Waals surface area contributed by atoms with E-state index in [2.05, 4.69) is 0 Å². The molecule has 1 atom stereocenters. The zero-order chi connectivity index (χ0) is 16.5. The topological polar surface area (TPSA) is 61.2 Å². The maximum atomic E-state index is 12.6. The summed E-state index contributed by atoms with van der Waals surface area (Å²) in [6.07, 6.45) is -3.63. The number of ketones is 1. The summed E-state index contributed by atoms with van der Waals surface area (Å²) in [4.78, 5) is 25.4. The number of hydrogen-bond donors (Lipinski definition) is 0. The van der Waals surface area contributed by atoms with Crippen LogP contribution in [0.2, 0.25) is 0 Å². The van der Waals surface area contributed by atoms with Crippen LogP contribution < -0.4 is 0 Å². The molecule has 1 amide bonds. The van der Waals surface area contributed by atoms with Crippen molar-refractivity contribution in [1.29, 1.82) is 5.26 Å². The van der Waals surface area contributed by atoms with Crippen LogP contribution >= 0.6 is 11.3 Å². The van der Waals surface area contributed by atoms with Gasteiger partial charge in [-0.15, -0.1) is 11.3 Å². The Morgan fingerprint density at radius 1 is 1.50 bits per heavy atom. The van der Waals surface area contributed by atoms with E-state index in [0.29, 0.717) is 23.3 Å². The summed E-state index contributed by atoms with van der Waals surface area (Å²) in [5.41, 5.74) is 0.608. The summed E-state index contributed by atoms with van der Waals surface area (Å²) in [5.74, 6) is -3.51. The van der Waals surface area contributed by atoms with Gasteiger partial charge < -0.3 is 4.90 Å². The number of Topliss-reactive ketones (excluding diaryl/α,β-unsaturated/α-hetero) is 1. The summed E-state index contributed by atoms with van der Waals surface area (Å²) >= 11 is 1.07. The molecule has 22 heavy (non-hydrogen) atoms. The van der Waals surface area contributed by atoms with E-state index >= 15 is 0 Å². The Balaban J connectivity index is 2.22. The fourth-order valence-corrected chi connectivity index (χ4v) is 3.01. The molecule has 0 N–H and O–H groups in total. The van der Waals surface area contributed by atoms with E-state index in [0.717, 1.165) is 11.3 Å². The molecule has 1 aliphatic carbocycles. The zero-order valence-corrected chi connectivity index (χ0v) is 12.5. The van der Waals surface area contributed by atoms with Gasteiger partial charge in [0, 0.05) is 6.04 Å². The molecular weight excluding hydrogens is 317 g/mol. The van der Waals surface area contributed by atoms with Crippen LogP contribution in [0.5, 0.6) is 0 Å². The van der Waals surface area contributed by atoms with E-state index in [1.54, 1.807) is 24.4 Å². The highest BCUT2D eigenvalue weighted by Gasteiger charge is 2.44. The van der Waals surface area contributed by atoms with Crippen molar-refractivity contribution in [1.82, 2.24) is 4.90 Å². The van der Waals surface area contributed by atoms with Gasteiger partial charge >= 0.3 is 6.18 Å². The number of halogens is 3. The van der Waals surface area contributed by atoms with Gasteiger partial charge in [0.15, 0.2) is 11.7 Å². The first-order chi connectivity index (χ1) is 10.2. The lowest BCUT2D eigenvalue weighted by Gasteiger charge is -2.25. The van der Waals surface area contributed by atoms with E-state index in [-0.39, 0.29) is 4.88 Å². The van der Waals surface area contributed by atoms with Crippen LogP contribution in [0.4, 0.5) is 13.2 Å². The van der Waals surface area contributed by atoms with Crippen LogP contribution in [0.1, 0.15) is 28.1 Å². The molecule has 8 heteroatoms. The van der Waals surface area contributed by atoms with Gasteiger partial charge in [0.1, 0.15) is 6.54 Å². The van der Waals surface area contributed by atoms with Crippen LogP contribution in [0.15, 0.2) is 11.4 Å². The second-order valence-corrected chi connectivity index (χ2v) is 6.09. The molecule has 0 radical (unpaired) electrons. The number of carbonyl (C=O) groups is 2. The number of hydrogen-bond acceptors (Lipinski definition) is 4. The van der Waals surface area contributed by atoms with Gasteiger partial charge in [-0.3, -0.25) is 9.59 Å². The van der Waals surface area contributed by atoms with Gasteiger partial charge in [0.25, 0.3) is 0 Å². The van der Waals surface area contributed by atoms with Gasteiger partial charge in [0.2, 0.25) is 5.91 Å². The molecule has 1 saturated carbocycles. The number of aryl methyl sites for hydroxylation is 1.